The minimum atomic E-state index is 0.357. The highest BCUT2D eigenvalue weighted by Gasteiger charge is 1.98. The molecule has 0 aliphatic rings. The molecule has 1 atom stereocenters. The summed E-state index contributed by atoms with van der Waals surface area (Å²) in [6.45, 7) is 2.07. The van der Waals surface area contributed by atoms with Gasteiger partial charge in [-0.05, 0) is 30.5 Å². The Morgan fingerprint density at radius 2 is 2.00 bits per heavy atom. The highest BCUT2D eigenvalue weighted by atomic mass is 35.5. The summed E-state index contributed by atoms with van der Waals surface area (Å²) >= 11 is 5.77. The normalized spacial score (nSPS) is 12.1. The lowest BCUT2D eigenvalue weighted by Crippen LogP contribution is -1.93. The van der Waals surface area contributed by atoms with E-state index in [4.69, 9.17) is 18.0 Å². The molecule has 0 saturated carbocycles. The van der Waals surface area contributed by atoms with Crippen molar-refractivity contribution in [3.63, 3.8) is 0 Å². The Labute approximate surface area is 84.9 Å². The van der Waals surface area contributed by atoms with Gasteiger partial charge in [0.05, 0.1) is 0 Å². The van der Waals surface area contributed by atoms with E-state index < -0.39 is 0 Å². The minimum absolute atomic E-state index is 0.357. The van der Waals surface area contributed by atoms with Gasteiger partial charge in [-0.2, -0.15) is 0 Å². The molecular weight excluding hydrogens is 180 g/mol. The third-order valence-corrected chi connectivity index (χ3v) is 2.32. The number of hydrogen-bond acceptors (Lipinski definition) is 0. The first-order valence-corrected chi connectivity index (χ1v) is 4.80. The van der Waals surface area contributed by atoms with Crippen molar-refractivity contribution in [2.75, 3.05) is 0 Å². The first-order chi connectivity index (χ1) is 6.22. The Kier molecular flexibility index (Phi) is 3.86. The van der Waals surface area contributed by atoms with Crippen molar-refractivity contribution < 1.29 is 0 Å². The van der Waals surface area contributed by atoms with Crippen LogP contribution in [0.1, 0.15) is 18.9 Å². The summed E-state index contributed by atoms with van der Waals surface area (Å²) in [5.41, 5.74) is 1.30. The Morgan fingerprint density at radius 3 is 2.54 bits per heavy atom. The predicted octanol–water partition coefficient (Wildman–Crippen LogP) is 3.54. The van der Waals surface area contributed by atoms with Crippen LogP contribution in [0.3, 0.4) is 0 Å². The molecular formula is C12H13Cl. The lowest BCUT2D eigenvalue weighted by molar-refractivity contribution is 0.669. The van der Waals surface area contributed by atoms with Crippen LogP contribution >= 0.6 is 11.6 Å². The second kappa shape index (κ2) is 4.94. The summed E-state index contributed by atoms with van der Waals surface area (Å²) in [6.07, 6.45) is 7.36. The fourth-order valence-corrected chi connectivity index (χ4v) is 1.24. The third-order valence-electron chi connectivity index (χ3n) is 2.06. The maximum absolute atomic E-state index is 5.77. The van der Waals surface area contributed by atoms with E-state index in [9.17, 15) is 0 Å². The van der Waals surface area contributed by atoms with Gasteiger partial charge in [-0.15, -0.1) is 12.3 Å². The van der Waals surface area contributed by atoms with Crippen molar-refractivity contribution in [1.29, 1.82) is 0 Å². The molecule has 0 fully saturated rings. The molecule has 1 heteroatoms. The largest absolute Gasteiger partial charge is 0.120 e. The molecule has 0 aliphatic heterocycles. The molecule has 0 N–H and O–H groups in total. The zero-order valence-electron chi connectivity index (χ0n) is 7.76. The second-order valence-electron chi connectivity index (χ2n) is 3.23. The molecule has 1 aromatic rings. The van der Waals surface area contributed by atoms with Crippen LogP contribution in [0.4, 0.5) is 0 Å². The highest BCUT2D eigenvalue weighted by molar-refractivity contribution is 6.30. The lowest BCUT2D eigenvalue weighted by Gasteiger charge is -2.03. The van der Waals surface area contributed by atoms with Crippen LogP contribution in [0.5, 0.6) is 0 Å². The quantitative estimate of drug-likeness (QED) is 0.643. The third kappa shape index (κ3) is 3.53. The molecule has 0 bridgehead atoms. The summed E-state index contributed by atoms with van der Waals surface area (Å²) in [5, 5.41) is 0.786. The van der Waals surface area contributed by atoms with Crippen LogP contribution in [0.15, 0.2) is 24.3 Å². The summed E-state index contributed by atoms with van der Waals surface area (Å²) in [7, 11) is 0. The van der Waals surface area contributed by atoms with E-state index in [-0.39, 0.29) is 0 Å². The van der Waals surface area contributed by atoms with Gasteiger partial charge >= 0.3 is 0 Å². The van der Waals surface area contributed by atoms with E-state index in [2.05, 4.69) is 12.8 Å². The zero-order valence-corrected chi connectivity index (χ0v) is 8.51. The number of benzene rings is 1. The van der Waals surface area contributed by atoms with E-state index in [1.54, 1.807) is 0 Å². The van der Waals surface area contributed by atoms with Gasteiger partial charge in [0.25, 0.3) is 0 Å². The first kappa shape index (κ1) is 10.2. The van der Waals surface area contributed by atoms with Crippen molar-refractivity contribution in [2.24, 2.45) is 5.92 Å². The van der Waals surface area contributed by atoms with Gasteiger partial charge in [0.15, 0.2) is 0 Å². The molecule has 68 valence electrons. The predicted molar refractivity (Wildman–Crippen MR) is 57.8 cm³/mol. The topological polar surface area (TPSA) is 0 Å². The van der Waals surface area contributed by atoms with E-state index in [1.807, 2.05) is 24.3 Å². The zero-order chi connectivity index (χ0) is 9.68. The molecule has 0 heterocycles. The highest BCUT2D eigenvalue weighted by Crippen LogP contribution is 2.12. The maximum Gasteiger partial charge on any atom is 0.0406 e. The fourth-order valence-electron chi connectivity index (χ4n) is 1.12. The van der Waals surface area contributed by atoms with Crippen LogP contribution in [-0.4, -0.2) is 0 Å². The first-order valence-electron chi connectivity index (χ1n) is 4.43. The molecule has 0 nitrogen and oxygen atoms in total. The van der Waals surface area contributed by atoms with Gasteiger partial charge in [-0.25, -0.2) is 0 Å². The molecule has 1 rings (SSSR count). The summed E-state index contributed by atoms with van der Waals surface area (Å²) in [4.78, 5) is 0. The molecule has 0 radical (unpaired) electrons. The van der Waals surface area contributed by atoms with Gasteiger partial charge in [-0.3, -0.25) is 0 Å². The van der Waals surface area contributed by atoms with Gasteiger partial charge in [-0.1, -0.05) is 30.7 Å². The van der Waals surface area contributed by atoms with Crippen LogP contribution in [0.25, 0.3) is 0 Å². The van der Waals surface area contributed by atoms with Gasteiger partial charge in [0.1, 0.15) is 0 Å². The maximum atomic E-state index is 5.77. The Bertz CT molecular complexity index is 292. The second-order valence-corrected chi connectivity index (χ2v) is 3.67. The smallest absolute Gasteiger partial charge is 0.0406 e. The fraction of sp³-hybridized carbons (Fsp3) is 0.333. The number of hydrogen-bond donors (Lipinski definition) is 0. The summed E-state index contributed by atoms with van der Waals surface area (Å²) in [6, 6.07) is 7.92. The van der Waals surface area contributed by atoms with E-state index in [1.165, 1.54) is 5.56 Å². The van der Waals surface area contributed by atoms with Crippen LogP contribution < -0.4 is 0 Å². The average Bonchev–Trinajstić information content (AvgIpc) is 2.16. The Morgan fingerprint density at radius 1 is 1.38 bits per heavy atom. The number of halogens is 1. The summed E-state index contributed by atoms with van der Waals surface area (Å²) < 4.78 is 0. The number of rotatable bonds is 3. The van der Waals surface area contributed by atoms with E-state index in [0.717, 1.165) is 17.9 Å². The Hall–Kier alpha value is -0.930. The van der Waals surface area contributed by atoms with Crippen molar-refractivity contribution in [2.45, 2.75) is 19.8 Å². The molecule has 0 aromatic heterocycles. The van der Waals surface area contributed by atoms with Crippen molar-refractivity contribution in [3.05, 3.63) is 34.9 Å². The standard InChI is InChI=1S/C12H13Cl/c1-3-10(2)4-5-11-6-8-12(13)9-7-11/h1,6-10H,4-5H2,2H3. The summed E-state index contributed by atoms with van der Waals surface area (Å²) in [5.74, 6) is 3.08. The SMILES string of the molecule is C#CC(C)CCc1ccc(Cl)cc1. The molecule has 1 aromatic carbocycles. The molecule has 0 amide bonds. The average molecular weight is 193 g/mol. The molecule has 13 heavy (non-hydrogen) atoms. The van der Waals surface area contributed by atoms with Crippen LogP contribution in [0.2, 0.25) is 5.02 Å². The molecule has 0 aliphatic carbocycles. The molecule has 0 spiro atoms. The van der Waals surface area contributed by atoms with Crippen molar-refractivity contribution in [1.82, 2.24) is 0 Å². The van der Waals surface area contributed by atoms with Crippen LogP contribution in [-0.2, 0) is 6.42 Å². The lowest BCUT2D eigenvalue weighted by atomic mass is 10.0. The van der Waals surface area contributed by atoms with E-state index in [0.29, 0.717) is 5.92 Å². The molecule has 0 saturated heterocycles. The minimum Gasteiger partial charge on any atom is -0.120 e. The molecule has 1 unspecified atom stereocenters. The van der Waals surface area contributed by atoms with Crippen LogP contribution in [0, 0.1) is 18.3 Å². The van der Waals surface area contributed by atoms with Crippen molar-refractivity contribution in [3.8, 4) is 12.3 Å². The van der Waals surface area contributed by atoms with Gasteiger partial charge < -0.3 is 0 Å². The van der Waals surface area contributed by atoms with Gasteiger partial charge in [0, 0.05) is 10.9 Å². The van der Waals surface area contributed by atoms with E-state index >= 15 is 0 Å². The number of aryl methyl sites for hydroxylation is 1. The monoisotopic (exact) mass is 192 g/mol. The Balaban J connectivity index is 2.47. The number of terminal acetylenes is 1. The van der Waals surface area contributed by atoms with Crippen molar-refractivity contribution >= 4 is 11.6 Å². The van der Waals surface area contributed by atoms with Gasteiger partial charge in [0.2, 0.25) is 0 Å².